The van der Waals surface area contributed by atoms with Gasteiger partial charge < -0.3 is 4.90 Å². The van der Waals surface area contributed by atoms with Gasteiger partial charge in [0.1, 0.15) is 0 Å². The van der Waals surface area contributed by atoms with Gasteiger partial charge in [-0.15, -0.1) is 0 Å². The zero-order chi connectivity index (χ0) is 27.5. The zero-order valence-corrected chi connectivity index (χ0v) is 22.1. The van der Waals surface area contributed by atoms with Gasteiger partial charge in [0.15, 0.2) is 9.84 Å². The minimum atomic E-state index is -4.30. The summed E-state index contributed by atoms with van der Waals surface area (Å²) in [7, 11) is -7.61. The lowest BCUT2D eigenvalue weighted by Crippen LogP contribution is -2.46. The van der Waals surface area contributed by atoms with Gasteiger partial charge in [-0.3, -0.25) is 19.8 Å². The molecular formula is C25H26N4O7S2. The lowest BCUT2D eigenvalue weighted by Gasteiger charge is -2.36. The molecule has 0 radical (unpaired) electrons. The number of carbonyl (C=O) groups excluding carboxylic acids is 1. The molecule has 1 heterocycles. The molecule has 1 aliphatic heterocycles. The lowest BCUT2D eigenvalue weighted by molar-refractivity contribution is -0.385. The molecule has 38 heavy (non-hydrogen) atoms. The fraction of sp³-hybridized carbons (Fsp3) is 0.240. The molecule has 0 aromatic heterocycles. The predicted octanol–water partition coefficient (Wildman–Crippen LogP) is 2.44. The number of sulfone groups is 1. The van der Waals surface area contributed by atoms with E-state index in [1.165, 1.54) is 30.5 Å². The molecular weight excluding hydrogens is 532 g/mol. The highest BCUT2D eigenvalue weighted by Gasteiger charge is 2.23. The predicted molar refractivity (Wildman–Crippen MR) is 141 cm³/mol. The summed E-state index contributed by atoms with van der Waals surface area (Å²) in [5, 5.41) is 10.9. The average molecular weight is 559 g/mol. The number of amides is 1. The number of nitrogens with one attached hydrogen (secondary N) is 1. The third kappa shape index (κ3) is 6.36. The van der Waals surface area contributed by atoms with Crippen molar-refractivity contribution in [1.82, 2.24) is 9.62 Å². The normalized spacial score (nSPS) is 14.7. The Hall–Kier alpha value is -3.81. The van der Waals surface area contributed by atoms with Gasteiger partial charge in [0.05, 0.1) is 14.7 Å². The van der Waals surface area contributed by atoms with Gasteiger partial charge in [0.2, 0.25) is 0 Å². The Bertz CT molecular complexity index is 1570. The van der Waals surface area contributed by atoms with Gasteiger partial charge in [-0.2, -0.15) is 0 Å². The van der Waals surface area contributed by atoms with Crippen molar-refractivity contribution in [3.05, 3.63) is 94.0 Å². The molecule has 3 aromatic carbocycles. The molecule has 0 spiro atoms. The van der Waals surface area contributed by atoms with Gasteiger partial charge in [-0.1, -0.05) is 24.3 Å². The number of nitro benzene ring substituents is 1. The Morgan fingerprint density at radius 1 is 0.921 bits per heavy atom. The summed E-state index contributed by atoms with van der Waals surface area (Å²) in [5.74, 6) is -0.850. The van der Waals surface area contributed by atoms with E-state index in [0.29, 0.717) is 37.6 Å². The maximum Gasteiger partial charge on any atom is 0.270 e. The van der Waals surface area contributed by atoms with E-state index in [1.54, 1.807) is 24.3 Å². The molecule has 0 unspecified atom stereocenters. The van der Waals surface area contributed by atoms with Gasteiger partial charge >= 0.3 is 0 Å². The summed E-state index contributed by atoms with van der Waals surface area (Å²) in [6.07, 6.45) is 1.21. The maximum absolute atomic E-state index is 12.6. The molecule has 0 saturated carbocycles. The van der Waals surface area contributed by atoms with E-state index < -0.39 is 36.4 Å². The van der Waals surface area contributed by atoms with Crippen molar-refractivity contribution >= 4 is 37.1 Å². The second-order valence-corrected chi connectivity index (χ2v) is 12.5. The standard InChI is InChI=1S/C25H26N4O7S2/c1-37(33,34)24-8-3-2-5-20(24)18-27-13-15-28(16-14-27)21-11-9-19(10-12-21)25(30)26-38(35,36)23-7-4-6-22(17-23)29(31)32/h2-12,17H,13-16,18H2,1H3,(H,26,30). The summed E-state index contributed by atoms with van der Waals surface area (Å²) < 4.78 is 51.2. The van der Waals surface area contributed by atoms with Crippen LogP contribution >= 0.6 is 0 Å². The first kappa shape index (κ1) is 27.2. The lowest BCUT2D eigenvalue weighted by atomic mass is 10.1. The minimum Gasteiger partial charge on any atom is -0.369 e. The Kier molecular flexibility index (Phi) is 7.81. The Morgan fingerprint density at radius 2 is 1.58 bits per heavy atom. The summed E-state index contributed by atoms with van der Waals surface area (Å²) in [5.41, 5.74) is 1.35. The monoisotopic (exact) mass is 558 g/mol. The molecule has 1 saturated heterocycles. The highest BCUT2D eigenvalue weighted by molar-refractivity contribution is 7.90. The average Bonchev–Trinajstić information content (AvgIpc) is 2.89. The van der Waals surface area contributed by atoms with Crippen LogP contribution in [0.4, 0.5) is 11.4 Å². The van der Waals surface area contributed by atoms with Crippen LogP contribution in [0.5, 0.6) is 0 Å². The number of hydrogen-bond donors (Lipinski definition) is 1. The molecule has 1 aliphatic rings. The van der Waals surface area contributed by atoms with Crippen molar-refractivity contribution in [2.45, 2.75) is 16.3 Å². The quantitative estimate of drug-likeness (QED) is 0.325. The Balaban J connectivity index is 1.37. The van der Waals surface area contributed by atoms with E-state index in [2.05, 4.69) is 9.80 Å². The van der Waals surface area contributed by atoms with Crippen LogP contribution in [0.1, 0.15) is 15.9 Å². The van der Waals surface area contributed by atoms with Crippen molar-refractivity contribution in [2.24, 2.45) is 0 Å². The van der Waals surface area contributed by atoms with E-state index in [0.717, 1.165) is 23.4 Å². The van der Waals surface area contributed by atoms with Crippen LogP contribution in [0.2, 0.25) is 0 Å². The van der Waals surface area contributed by atoms with Crippen LogP contribution in [-0.4, -0.2) is 65.0 Å². The fourth-order valence-corrected chi connectivity index (χ4v) is 6.18. The van der Waals surface area contributed by atoms with Gasteiger partial charge in [0.25, 0.3) is 21.6 Å². The highest BCUT2D eigenvalue weighted by Crippen LogP contribution is 2.22. The molecule has 11 nitrogen and oxygen atoms in total. The van der Waals surface area contributed by atoms with Crippen molar-refractivity contribution in [1.29, 1.82) is 0 Å². The first-order valence-electron chi connectivity index (χ1n) is 11.6. The van der Waals surface area contributed by atoms with E-state index >= 15 is 0 Å². The van der Waals surface area contributed by atoms with E-state index in [4.69, 9.17) is 0 Å². The minimum absolute atomic E-state index is 0.124. The molecule has 0 atom stereocenters. The molecule has 0 aliphatic carbocycles. The van der Waals surface area contributed by atoms with Crippen LogP contribution < -0.4 is 9.62 Å². The third-order valence-corrected chi connectivity index (χ3v) is 8.72. The third-order valence-electron chi connectivity index (χ3n) is 6.20. The second-order valence-electron chi connectivity index (χ2n) is 8.88. The summed E-state index contributed by atoms with van der Waals surface area (Å²) in [4.78, 5) is 27.0. The number of nitrogens with zero attached hydrogens (tertiary/aromatic N) is 3. The number of non-ortho nitro benzene ring substituents is 1. The topological polar surface area (TPSA) is 147 Å². The fourth-order valence-electron chi connectivity index (χ4n) is 4.23. The molecule has 1 fully saturated rings. The molecule has 13 heteroatoms. The molecule has 3 aromatic rings. The second kappa shape index (κ2) is 10.9. The van der Waals surface area contributed by atoms with E-state index in [1.807, 2.05) is 16.9 Å². The SMILES string of the molecule is CS(=O)(=O)c1ccccc1CN1CCN(c2ccc(C(=O)NS(=O)(=O)c3cccc([N+](=O)[O-])c3)cc2)CC1. The number of piperazine rings is 1. The van der Waals surface area contributed by atoms with Crippen LogP contribution in [0.3, 0.4) is 0 Å². The van der Waals surface area contributed by atoms with E-state index in [-0.39, 0.29) is 10.5 Å². The van der Waals surface area contributed by atoms with Gasteiger partial charge in [-0.25, -0.2) is 21.6 Å². The number of carbonyl (C=O) groups is 1. The molecule has 1 N–H and O–H groups in total. The van der Waals surface area contributed by atoms with Crippen molar-refractivity contribution in [3.8, 4) is 0 Å². The largest absolute Gasteiger partial charge is 0.369 e. The van der Waals surface area contributed by atoms with Crippen LogP contribution in [0, 0.1) is 10.1 Å². The maximum atomic E-state index is 12.6. The Morgan fingerprint density at radius 3 is 2.21 bits per heavy atom. The van der Waals surface area contributed by atoms with Crippen molar-refractivity contribution in [3.63, 3.8) is 0 Å². The van der Waals surface area contributed by atoms with Crippen molar-refractivity contribution < 1.29 is 26.6 Å². The number of sulfonamides is 1. The number of hydrogen-bond acceptors (Lipinski definition) is 9. The first-order valence-corrected chi connectivity index (χ1v) is 15.0. The summed E-state index contributed by atoms with van der Waals surface area (Å²) in [6, 6.07) is 17.9. The smallest absolute Gasteiger partial charge is 0.270 e. The van der Waals surface area contributed by atoms with Crippen LogP contribution in [-0.2, 0) is 26.4 Å². The van der Waals surface area contributed by atoms with E-state index in [9.17, 15) is 31.7 Å². The zero-order valence-electron chi connectivity index (χ0n) is 20.5. The van der Waals surface area contributed by atoms with Crippen LogP contribution in [0.25, 0.3) is 0 Å². The molecule has 1 amide bonds. The van der Waals surface area contributed by atoms with Gasteiger partial charge in [0, 0.05) is 62.4 Å². The number of nitro groups is 1. The van der Waals surface area contributed by atoms with Gasteiger partial charge in [-0.05, 0) is 42.0 Å². The molecule has 0 bridgehead atoms. The Labute approximate surface area is 220 Å². The number of benzene rings is 3. The molecule has 4 rings (SSSR count). The molecule has 200 valence electrons. The van der Waals surface area contributed by atoms with Crippen LogP contribution in [0.15, 0.2) is 82.6 Å². The van der Waals surface area contributed by atoms with Crippen molar-refractivity contribution in [2.75, 3.05) is 37.3 Å². The number of anilines is 1. The number of rotatable bonds is 8. The highest BCUT2D eigenvalue weighted by atomic mass is 32.2. The summed E-state index contributed by atoms with van der Waals surface area (Å²) in [6.45, 7) is 3.32. The first-order chi connectivity index (χ1) is 17.9. The summed E-state index contributed by atoms with van der Waals surface area (Å²) >= 11 is 0.